The van der Waals surface area contributed by atoms with Crippen LogP contribution in [0.5, 0.6) is 0 Å². The second-order valence-electron chi connectivity index (χ2n) is 15.9. The van der Waals surface area contributed by atoms with Crippen molar-refractivity contribution in [2.45, 2.75) is 251 Å². The fourth-order valence-electron chi connectivity index (χ4n) is 7.70. The van der Waals surface area contributed by atoms with Gasteiger partial charge in [0, 0.05) is 12.8 Å². The number of carbonyl (C=O) groups excluding carboxylic acids is 1. The molecule has 0 fully saturated rings. The Morgan fingerprint density at radius 1 is 0.490 bits per heavy atom. The summed E-state index contributed by atoms with van der Waals surface area (Å²) in [6, 6.07) is 0. The molecule has 1 amide bonds. The number of hydrogen-bond donors (Lipinski definition) is 2. The predicted molar refractivity (Wildman–Crippen MR) is 218 cm³/mol. The average Bonchev–Trinajstić information content (AvgIpc) is 3.56. The smallest absolute Gasteiger partial charge is 0.244 e. The highest BCUT2D eigenvalue weighted by Gasteiger charge is 2.19. The van der Waals surface area contributed by atoms with Crippen LogP contribution in [0.15, 0.2) is 0 Å². The van der Waals surface area contributed by atoms with Crippen molar-refractivity contribution in [1.29, 1.82) is 0 Å². The SMILES string of the molecule is CCCCCCCCCCCCCCCCCCCCCC(=O)NCC[N+]1=C(CCCCCCCCCCCCCCCCCC)NCC1. The number of nitrogens with zero attached hydrogens (tertiary/aromatic N) is 1. The Bertz CT molecular complexity index is 720. The molecule has 0 saturated carbocycles. The first kappa shape index (κ1) is 46.0. The molecule has 1 aliphatic rings. The Morgan fingerprint density at radius 3 is 1.18 bits per heavy atom. The largest absolute Gasteiger partial charge is 0.352 e. The summed E-state index contributed by atoms with van der Waals surface area (Å²) in [6.45, 7) is 8.47. The number of carbonyl (C=O) groups is 1. The molecule has 1 heterocycles. The van der Waals surface area contributed by atoms with E-state index in [-0.39, 0.29) is 5.91 Å². The number of unbranched alkanes of at least 4 members (excludes halogenated alkanes) is 33. The molecule has 2 N–H and O–H groups in total. The van der Waals surface area contributed by atoms with Gasteiger partial charge in [-0.15, -0.1) is 0 Å². The lowest BCUT2D eigenvalue weighted by Gasteiger charge is -2.07. The molecule has 49 heavy (non-hydrogen) atoms. The second-order valence-corrected chi connectivity index (χ2v) is 15.9. The Morgan fingerprint density at radius 2 is 0.816 bits per heavy atom. The third kappa shape index (κ3) is 32.6. The zero-order valence-electron chi connectivity index (χ0n) is 33.8. The monoisotopic (exact) mass is 689 g/mol. The van der Waals surface area contributed by atoms with Crippen LogP contribution in [0.25, 0.3) is 0 Å². The first-order valence-electron chi connectivity index (χ1n) is 22.9. The van der Waals surface area contributed by atoms with Crippen LogP contribution in [-0.2, 0) is 4.79 Å². The summed E-state index contributed by atoms with van der Waals surface area (Å²) < 4.78 is 2.47. The third-order valence-electron chi connectivity index (χ3n) is 11.1. The van der Waals surface area contributed by atoms with Crippen LogP contribution < -0.4 is 10.6 Å². The number of nitrogens with one attached hydrogen (secondary N) is 2. The van der Waals surface area contributed by atoms with Crippen molar-refractivity contribution in [2.24, 2.45) is 0 Å². The highest BCUT2D eigenvalue weighted by molar-refractivity contribution is 5.78. The van der Waals surface area contributed by atoms with Gasteiger partial charge in [0.2, 0.25) is 11.7 Å². The first-order valence-corrected chi connectivity index (χ1v) is 22.9. The highest BCUT2D eigenvalue weighted by atomic mass is 16.1. The second kappa shape index (κ2) is 38.2. The molecule has 0 unspecified atom stereocenters. The summed E-state index contributed by atoms with van der Waals surface area (Å²) in [7, 11) is 0. The summed E-state index contributed by atoms with van der Waals surface area (Å²) >= 11 is 0. The maximum absolute atomic E-state index is 12.4. The molecule has 290 valence electrons. The van der Waals surface area contributed by atoms with Crippen LogP contribution >= 0.6 is 0 Å². The van der Waals surface area contributed by atoms with Gasteiger partial charge in [0.15, 0.2) is 0 Å². The first-order chi connectivity index (χ1) is 24.3. The number of amidine groups is 1. The van der Waals surface area contributed by atoms with Gasteiger partial charge in [0.25, 0.3) is 0 Å². The highest BCUT2D eigenvalue weighted by Crippen LogP contribution is 2.16. The molecule has 0 bridgehead atoms. The molecule has 4 heteroatoms. The Hall–Kier alpha value is -1.06. The molecule has 0 radical (unpaired) electrons. The Kier molecular flexibility index (Phi) is 35.8. The lowest BCUT2D eigenvalue weighted by molar-refractivity contribution is -0.517. The van der Waals surface area contributed by atoms with Crippen molar-refractivity contribution in [3.05, 3.63) is 0 Å². The maximum Gasteiger partial charge on any atom is 0.244 e. The summed E-state index contributed by atoms with van der Waals surface area (Å²) in [5.74, 6) is 1.66. The zero-order valence-corrected chi connectivity index (χ0v) is 33.8. The molecule has 0 aromatic rings. The third-order valence-corrected chi connectivity index (χ3v) is 11.1. The molecule has 0 atom stereocenters. The van der Waals surface area contributed by atoms with Gasteiger partial charge in [-0.1, -0.05) is 226 Å². The van der Waals surface area contributed by atoms with E-state index in [2.05, 4.69) is 29.1 Å². The van der Waals surface area contributed by atoms with Crippen LogP contribution in [0, 0.1) is 0 Å². The topological polar surface area (TPSA) is 44.1 Å². The molecule has 0 aliphatic carbocycles. The van der Waals surface area contributed by atoms with Crippen molar-refractivity contribution in [3.8, 4) is 0 Å². The average molecular weight is 689 g/mol. The van der Waals surface area contributed by atoms with Gasteiger partial charge in [-0.2, -0.15) is 0 Å². The van der Waals surface area contributed by atoms with E-state index in [1.165, 1.54) is 231 Å². The van der Waals surface area contributed by atoms with E-state index in [1.54, 1.807) is 0 Å². The fourth-order valence-corrected chi connectivity index (χ4v) is 7.70. The van der Waals surface area contributed by atoms with Gasteiger partial charge < -0.3 is 5.32 Å². The Balaban J connectivity index is 1.84. The van der Waals surface area contributed by atoms with Crippen LogP contribution in [0.3, 0.4) is 0 Å². The summed E-state index contributed by atoms with van der Waals surface area (Å²) in [6.07, 6.45) is 51.0. The van der Waals surface area contributed by atoms with Crippen molar-refractivity contribution >= 4 is 11.7 Å². The maximum atomic E-state index is 12.4. The molecule has 0 spiro atoms. The van der Waals surface area contributed by atoms with Crippen LogP contribution in [-0.4, -0.2) is 42.5 Å². The summed E-state index contributed by atoms with van der Waals surface area (Å²) in [4.78, 5) is 12.4. The normalized spacial score (nSPS) is 13.0. The molecule has 4 nitrogen and oxygen atoms in total. The van der Waals surface area contributed by atoms with E-state index in [0.717, 1.165) is 32.6 Å². The summed E-state index contributed by atoms with van der Waals surface area (Å²) in [5.41, 5.74) is 0. The standard InChI is InChI=1S/C45H89N3O/c1-3-5-7-9-11-13-15-17-19-21-22-23-25-27-29-31-33-35-37-39-45(49)47-41-43-48-42-40-46-44(48)38-36-34-32-30-28-26-24-20-18-16-14-12-10-8-6-4-2/h3-43H2,1-2H3,(H,47,49)/p+1. The molecular weight excluding hydrogens is 599 g/mol. The van der Waals surface area contributed by atoms with Gasteiger partial charge >= 0.3 is 0 Å². The molecular formula is C45H90N3O+. The number of hydrogen-bond acceptors (Lipinski definition) is 2. The van der Waals surface area contributed by atoms with Crippen molar-refractivity contribution < 1.29 is 9.37 Å². The minimum atomic E-state index is 0.249. The molecule has 0 aromatic carbocycles. The van der Waals surface area contributed by atoms with Gasteiger partial charge in [0.05, 0.1) is 6.54 Å². The fraction of sp³-hybridized carbons (Fsp3) is 0.956. The Labute approximate surface area is 308 Å². The van der Waals surface area contributed by atoms with E-state index in [4.69, 9.17) is 0 Å². The van der Waals surface area contributed by atoms with Gasteiger partial charge in [-0.05, 0) is 12.8 Å². The van der Waals surface area contributed by atoms with E-state index >= 15 is 0 Å². The number of amides is 1. The van der Waals surface area contributed by atoms with Gasteiger partial charge in [-0.3, -0.25) is 14.7 Å². The van der Waals surface area contributed by atoms with Crippen LogP contribution in [0.1, 0.15) is 251 Å². The summed E-state index contributed by atoms with van der Waals surface area (Å²) in [5, 5.41) is 6.81. The van der Waals surface area contributed by atoms with Crippen LogP contribution in [0.4, 0.5) is 0 Å². The van der Waals surface area contributed by atoms with Gasteiger partial charge in [-0.25, -0.2) is 0 Å². The lowest BCUT2D eigenvalue weighted by atomic mass is 10.0. The minimum absolute atomic E-state index is 0.249. The predicted octanol–water partition coefficient (Wildman–Crippen LogP) is 13.6. The van der Waals surface area contributed by atoms with Gasteiger partial charge in [0.1, 0.15) is 19.6 Å². The quantitative estimate of drug-likeness (QED) is 0.0497. The molecule has 0 saturated heterocycles. The molecule has 1 rings (SSSR count). The van der Waals surface area contributed by atoms with E-state index in [9.17, 15) is 4.79 Å². The molecule has 0 aromatic heterocycles. The van der Waals surface area contributed by atoms with Crippen molar-refractivity contribution in [2.75, 3.05) is 26.2 Å². The van der Waals surface area contributed by atoms with E-state index < -0.39 is 0 Å². The van der Waals surface area contributed by atoms with Crippen LogP contribution in [0.2, 0.25) is 0 Å². The van der Waals surface area contributed by atoms with Crippen molar-refractivity contribution in [1.82, 2.24) is 10.6 Å². The van der Waals surface area contributed by atoms with E-state index in [1.807, 2.05) is 0 Å². The lowest BCUT2D eigenvalue weighted by Crippen LogP contribution is -2.32. The van der Waals surface area contributed by atoms with E-state index in [0.29, 0.717) is 6.42 Å². The van der Waals surface area contributed by atoms with Crippen molar-refractivity contribution in [3.63, 3.8) is 0 Å². The number of rotatable bonds is 40. The zero-order chi connectivity index (χ0) is 35.1. The minimum Gasteiger partial charge on any atom is -0.352 e. The molecule has 1 aliphatic heterocycles.